The van der Waals surface area contributed by atoms with Crippen LogP contribution in [0.15, 0.2) is 0 Å². The third kappa shape index (κ3) is 3.56. The fourth-order valence-corrected chi connectivity index (χ4v) is 1.92. The molecule has 1 N–H and O–H groups in total. The Labute approximate surface area is 87.8 Å². The Kier molecular flexibility index (Phi) is 4.85. The Hall–Kier alpha value is -0.120. The van der Waals surface area contributed by atoms with Crippen molar-refractivity contribution in [1.82, 2.24) is 10.2 Å². The molecule has 1 heterocycles. The van der Waals surface area contributed by atoms with Gasteiger partial charge in [-0.05, 0) is 46.3 Å². The lowest BCUT2D eigenvalue weighted by atomic mass is 10.1. The second-order valence-electron chi connectivity index (χ2n) is 4.55. The van der Waals surface area contributed by atoms with Crippen LogP contribution in [0.5, 0.6) is 0 Å². The molecule has 84 valence electrons. The molecule has 3 heteroatoms. The van der Waals surface area contributed by atoms with Crippen molar-refractivity contribution in [1.29, 1.82) is 0 Å². The average Bonchev–Trinajstić information content (AvgIpc) is 2.59. The van der Waals surface area contributed by atoms with Gasteiger partial charge in [-0.15, -0.1) is 0 Å². The molecule has 14 heavy (non-hydrogen) atoms. The summed E-state index contributed by atoms with van der Waals surface area (Å²) in [6, 6.07) is 0.450. The van der Waals surface area contributed by atoms with Gasteiger partial charge in [0.15, 0.2) is 0 Å². The molecule has 3 nitrogen and oxygen atoms in total. The van der Waals surface area contributed by atoms with E-state index in [2.05, 4.69) is 31.1 Å². The van der Waals surface area contributed by atoms with Crippen LogP contribution in [0.1, 0.15) is 20.3 Å². The number of likely N-dealkylation sites (tertiary alicyclic amines) is 1. The number of hydrogen-bond donors (Lipinski definition) is 1. The summed E-state index contributed by atoms with van der Waals surface area (Å²) < 4.78 is 5.28. The standard InChI is InChI=1S/C11H24N2O/c1-9(10(2)14-4)12-7-11-5-6-13(3)8-11/h9-12H,5-8H2,1-4H3. The van der Waals surface area contributed by atoms with Gasteiger partial charge in [0.25, 0.3) is 0 Å². The molecule has 0 spiro atoms. The highest BCUT2D eigenvalue weighted by molar-refractivity contribution is 4.77. The zero-order valence-electron chi connectivity index (χ0n) is 9.92. The molecule has 0 aromatic carbocycles. The maximum Gasteiger partial charge on any atom is 0.0693 e. The summed E-state index contributed by atoms with van der Waals surface area (Å²) in [6.07, 6.45) is 1.63. The van der Waals surface area contributed by atoms with E-state index in [4.69, 9.17) is 4.74 Å². The molecule has 0 amide bonds. The first kappa shape index (κ1) is 12.0. The van der Waals surface area contributed by atoms with Crippen molar-refractivity contribution in [2.75, 3.05) is 33.8 Å². The highest BCUT2D eigenvalue weighted by atomic mass is 16.5. The first-order valence-corrected chi connectivity index (χ1v) is 5.58. The smallest absolute Gasteiger partial charge is 0.0693 e. The Morgan fingerprint density at radius 2 is 2.21 bits per heavy atom. The molecule has 0 aromatic rings. The lowest BCUT2D eigenvalue weighted by Gasteiger charge is -2.21. The average molecular weight is 200 g/mol. The van der Waals surface area contributed by atoms with Crippen molar-refractivity contribution in [3.8, 4) is 0 Å². The van der Waals surface area contributed by atoms with E-state index in [1.807, 2.05) is 0 Å². The van der Waals surface area contributed by atoms with Gasteiger partial charge in [0.05, 0.1) is 6.10 Å². The minimum atomic E-state index is 0.300. The van der Waals surface area contributed by atoms with Crippen LogP contribution in [0.2, 0.25) is 0 Å². The van der Waals surface area contributed by atoms with E-state index in [-0.39, 0.29) is 0 Å². The van der Waals surface area contributed by atoms with Gasteiger partial charge in [-0.25, -0.2) is 0 Å². The number of nitrogens with zero attached hydrogens (tertiary/aromatic N) is 1. The predicted octanol–water partition coefficient (Wildman–Crippen LogP) is 0.951. The van der Waals surface area contributed by atoms with Gasteiger partial charge in [0.1, 0.15) is 0 Å². The van der Waals surface area contributed by atoms with Crippen molar-refractivity contribution in [3.05, 3.63) is 0 Å². The number of methoxy groups -OCH3 is 1. The molecule has 1 fully saturated rings. The molecule has 0 aromatic heterocycles. The van der Waals surface area contributed by atoms with Gasteiger partial charge in [-0.2, -0.15) is 0 Å². The fourth-order valence-electron chi connectivity index (χ4n) is 1.92. The Morgan fingerprint density at radius 1 is 1.50 bits per heavy atom. The minimum Gasteiger partial charge on any atom is -0.380 e. The zero-order valence-corrected chi connectivity index (χ0v) is 9.92. The first-order chi connectivity index (χ1) is 6.63. The maximum absolute atomic E-state index is 5.28. The summed E-state index contributed by atoms with van der Waals surface area (Å²) in [5, 5.41) is 3.54. The van der Waals surface area contributed by atoms with Gasteiger partial charge < -0.3 is 15.0 Å². The van der Waals surface area contributed by atoms with Crippen molar-refractivity contribution in [2.45, 2.75) is 32.4 Å². The number of ether oxygens (including phenoxy) is 1. The van der Waals surface area contributed by atoms with E-state index in [1.54, 1.807) is 7.11 Å². The van der Waals surface area contributed by atoms with E-state index in [9.17, 15) is 0 Å². The van der Waals surface area contributed by atoms with Gasteiger partial charge in [-0.1, -0.05) is 0 Å². The fraction of sp³-hybridized carbons (Fsp3) is 1.00. The number of rotatable bonds is 5. The lowest BCUT2D eigenvalue weighted by Crippen LogP contribution is -2.39. The molecule has 1 aliphatic heterocycles. The Bertz CT molecular complexity index is 161. The normalized spacial score (nSPS) is 27.9. The molecular formula is C11H24N2O. The van der Waals surface area contributed by atoms with Crippen LogP contribution < -0.4 is 5.32 Å². The van der Waals surface area contributed by atoms with E-state index in [0.717, 1.165) is 12.5 Å². The quantitative estimate of drug-likeness (QED) is 0.715. The van der Waals surface area contributed by atoms with Gasteiger partial charge in [0.2, 0.25) is 0 Å². The topological polar surface area (TPSA) is 24.5 Å². The third-order valence-corrected chi connectivity index (χ3v) is 3.29. The molecule has 0 radical (unpaired) electrons. The highest BCUT2D eigenvalue weighted by Crippen LogP contribution is 2.13. The Morgan fingerprint density at radius 3 is 2.71 bits per heavy atom. The van der Waals surface area contributed by atoms with Crippen molar-refractivity contribution >= 4 is 0 Å². The zero-order chi connectivity index (χ0) is 10.6. The molecule has 1 aliphatic rings. The monoisotopic (exact) mass is 200 g/mol. The predicted molar refractivity (Wildman–Crippen MR) is 59.5 cm³/mol. The van der Waals surface area contributed by atoms with Crippen LogP contribution >= 0.6 is 0 Å². The Balaban J connectivity index is 2.14. The van der Waals surface area contributed by atoms with E-state index >= 15 is 0 Å². The van der Waals surface area contributed by atoms with E-state index < -0.39 is 0 Å². The summed E-state index contributed by atoms with van der Waals surface area (Å²) in [5.74, 6) is 0.825. The molecule has 1 rings (SSSR count). The molecule has 3 atom stereocenters. The van der Waals surface area contributed by atoms with Crippen molar-refractivity contribution in [2.24, 2.45) is 5.92 Å². The first-order valence-electron chi connectivity index (χ1n) is 5.58. The molecule has 1 saturated heterocycles. The molecule has 3 unspecified atom stereocenters. The molecular weight excluding hydrogens is 176 g/mol. The van der Waals surface area contributed by atoms with Crippen LogP contribution in [-0.2, 0) is 4.74 Å². The van der Waals surface area contributed by atoms with E-state index in [0.29, 0.717) is 12.1 Å². The highest BCUT2D eigenvalue weighted by Gasteiger charge is 2.20. The van der Waals surface area contributed by atoms with Crippen LogP contribution in [-0.4, -0.2) is 50.8 Å². The van der Waals surface area contributed by atoms with Crippen molar-refractivity contribution in [3.63, 3.8) is 0 Å². The van der Waals surface area contributed by atoms with Crippen LogP contribution in [0.4, 0.5) is 0 Å². The second kappa shape index (κ2) is 5.69. The number of hydrogen-bond acceptors (Lipinski definition) is 3. The summed E-state index contributed by atoms with van der Waals surface area (Å²) in [6.45, 7) is 7.91. The summed E-state index contributed by atoms with van der Waals surface area (Å²) in [4.78, 5) is 2.40. The third-order valence-electron chi connectivity index (χ3n) is 3.29. The van der Waals surface area contributed by atoms with Gasteiger partial charge >= 0.3 is 0 Å². The lowest BCUT2D eigenvalue weighted by molar-refractivity contribution is 0.0874. The van der Waals surface area contributed by atoms with Crippen LogP contribution in [0.3, 0.4) is 0 Å². The SMILES string of the molecule is COC(C)C(C)NCC1CCN(C)C1. The van der Waals surface area contributed by atoms with Gasteiger partial charge in [-0.3, -0.25) is 0 Å². The molecule has 0 aliphatic carbocycles. The second-order valence-corrected chi connectivity index (χ2v) is 4.55. The largest absolute Gasteiger partial charge is 0.380 e. The van der Waals surface area contributed by atoms with Gasteiger partial charge in [0, 0.05) is 19.7 Å². The maximum atomic E-state index is 5.28. The molecule has 0 saturated carbocycles. The molecule has 0 bridgehead atoms. The minimum absolute atomic E-state index is 0.300. The van der Waals surface area contributed by atoms with Crippen LogP contribution in [0.25, 0.3) is 0 Å². The van der Waals surface area contributed by atoms with Crippen molar-refractivity contribution < 1.29 is 4.74 Å². The van der Waals surface area contributed by atoms with E-state index in [1.165, 1.54) is 19.5 Å². The summed E-state index contributed by atoms with van der Waals surface area (Å²) >= 11 is 0. The van der Waals surface area contributed by atoms with Crippen LogP contribution in [0, 0.1) is 5.92 Å². The number of nitrogens with one attached hydrogen (secondary N) is 1. The summed E-state index contributed by atoms with van der Waals surface area (Å²) in [5.41, 5.74) is 0. The summed E-state index contributed by atoms with van der Waals surface area (Å²) in [7, 11) is 3.97.